The molecule has 2 heterocycles. The van der Waals surface area contributed by atoms with Crippen LogP contribution in [0.4, 0.5) is 0 Å². The van der Waals surface area contributed by atoms with E-state index in [1.54, 1.807) is 25.6 Å². The van der Waals surface area contributed by atoms with Crippen LogP contribution >= 0.6 is 0 Å². The number of ketones is 1. The minimum absolute atomic E-state index is 0.0389. The van der Waals surface area contributed by atoms with Gasteiger partial charge in [0.25, 0.3) is 0 Å². The zero-order valence-electron chi connectivity index (χ0n) is 10.0. The van der Waals surface area contributed by atoms with Crippen molar-refractivity contribution in [2.75, 3.05) is 33.9 Å². The lowest BCUT2D eigenvalue weighted by Crippen LogP contribution is -2.44. The Kier molecular flexibility index (Phi) is 3.71. The van der Waals surface area contributed by atoms with Crippen molar-refractivity contribution in [3.05, 3.63) is 24.0 Å². The summed E-state index contributed by atoms with van der Waals surface area (Å²) in [4.78, 5) is 18.2. The number of pyridine rings is 1. The van der Waals surface area contributed by atoms with E-state index in [9.17, 15) is 4.79 Å². The molecule has 1 aliphatic heterocycles. The van der Waals surface area contributed by atoms with Crippen molar-refractivity contribution in [3.63, 3.8) is 0 Å². The van der Waals surface area contributed by atoms with Crippen LogP contribution in [0.5, 0.6) is 5.75 Å². The molecule has 5 nitrogen and oxygen atoms in total. The van der Waals surface area contributed by atoms with Gasteiger partial charge in [-0.2, -0.15) is 0 Å². The first-order valence-corrected chi connectivity index (χ1v) is 5.54. The Morgan fingerprint density at radius 2 is 2.41 bits per heavy atom. The molecule has 0 saturated carbocycles. The molecule has 0 bridgehead atoms. The van der Waals surface area contributed by atoms with Crippen molar-refractivity contribution < 1.29 is 14.3 Å². The highest BCUT2D eigenvalue weighted by molar-refractivity contribution is 5.99. The predicted molar refractivity (Wildman–Crippen MR) is 62.4 cm³/mol. The average Bonchev–Trinajstić information content (AvgIpc) is 2.38. The summed E-state index contributed by atoms with van der Waals surface area (Å²) in [7, 11) is 3.53. The second-order valence-corrected chi connectivity index (χ2v) is 4.10. The van der Waals surface area contributed by atoms with Crippen molar-refractivity contribution in [2.24, 2.45) is 0 Å². The van der Waals surface area contributed by atoms with E-state index in [2.05, 4.69) is 9.88 Å². The maximum atomic E-state index is 12.2. The van der Waals surface area contributed by atoms with Gasteiger partial charge in [0.2, 0.25) is 0 Å². The number of morpholine rings is 1. The molecule has 0 aliphatic carbocycles. The summed E-state index contributed by atoms with van der Waals surface area (Å²) in [5.41, 5.74) is 0.532. The Hall–Kier alpha value is -1.46. The molecule has 5 heteroatoms. The summed E-state index contributed by atoms with van der Waals surface area (Å²) >= 11 is 0. The number of carbonyl (C=O) groups is 1. The van der Waals surface area contributed by atoms with Crippen LogP contribution < -0.4 is 4.74 Å². The Labute approximate surface area is 100 Å². The summed E-state index contributed by atoms with van der Waals surface area (Å²) in [5, 5.41) is 0. The third kappa shape index (κ3) is 2.81. The molecule has 0 amide bonds. The fourth-order valence-corrected chi connectivity index (χ4v) is 1.79. The van der Waals surface area contributed by atoms with Crippen molar-refractivity contribution >= 4 is 5.78 Å². The predicted octanol–water partition coefficient (Wildman–Crippen LogP) is 0.603. The number of carbonyl (C=O) groups excluding carboxylic acids is 1. The topological polar surface area (TPSA) is 51.7 Å². The van der Waals surface area contributed by atoms with Gasteiger partial charge in [-0.1, -0.05) is 0 Å². The zero-order valence-corrected chi connectivity index (χ0v) is 10.0. The van der Waals surface area contributed by atoms with Crippen LogP contribution in [0.2, 0.25) is 0 Å². The summed E-state index contributed by atoms with van der Waals surface area (Å²) in [6.07, 6.45) is 2.72. The Balaban J connectivity index is 2.12. The molecule has 1 saturated heterocycles. The smallest absolute Gasteiger partial charge is 0.194 e. The van der Waals surface area contributed by atoms with Gasteiger partial charge in [0.05, 0.1) is 19.9 Å². The molecule has 0 radical (unpaired) electrons. The maximum absolute atomic E-state index is 12.2. The van der Waals surface area contributed by atoms with Gasteiger partial charge >= 0.3 is 0 Å². The Morgan fingerprint density at radius 1 is 1.59 bits per heavy atom. The fraction of sp³-hybridized carbons (Fsp3) is 0.500. The molecule has 0 N–H and O–H groups in total. The molecule has 1 atom stereocenters. The standard InChI is InChI=1S/C12H16N2O3/c1-14-3-4-17-11(8-14)12(15)9-5-10(16-2)7-13-6-9/h5-7,11H,3-4,8H2,1-2H3. The van der Waals surface area contributed by atoms with E-state index < -0.39 is 6.10 Å². The van der Waals surface area contributed by atoms with Crippen LogP contribution in [0.3, 0.4) is 0 Å². The molecular formula is C12H16N2O3. The first-order valence-electron chi connectivity index (χ1n) is 5.54. The van der Waals surface area contributed by atoms with Gasteiger partial charge in [-0.05, 0) is 13.1 Å². The number of hydrogen-bond acceptors (Lipinski definition) is 5. The van der Waals surface area contributed by atoms with Crippen LogP contribution in [0.15, 0.2) is 18.5 Å². The van der Waals surface area contributed by atoms with E-state index in [4.69, 9.17) is 9.47 Å². The third-order valence-electron chi connectivity index (χ3n) is 2.80. The zero-order chi connectivity index (χ0) is 12.3. The van der Waals surface area contributed by atoms with Crippen LogP contribution in [0.25, 0.3) is 0 Å². The molecule has 1 aromatic heterocycles. The molecular weight excluding hydrogens is 220 g/mol. The van der Waals surface area contributed by atoms with Gasteiger partial charge in [-0.15, -0.1) is 0 Å². The minimum Gasteiger partial charge on any atom is -0.495 e. The first-order chi connectivity index (χ1) is 8.20. The summed E-state index contributed by atoms with van der Waals surface area (Å²) < 4.78 is 10.5. The minimum atomic E-state index is -0.400. The summed E-state index contributed by atoms with van der Waals surface area (Å²) in [6.45, 7) is 2.07. The van der Waals surface area contributed by atoms with Gasteiger partial charge in [-0.25, -0.2) is 0 Å². The third-order valence-corrected chi connectivity index (χ3v) is 2.80. The molecule has 1 fully saturated rings. The molecule has 0 aromatic carbocycles. The highest BCUT2D eigenvalue weighted by atomic mass is 16.5. The molecule has 0 spiro atoms. The highest BCUT2D eigenvalue weighted by Gasteiger charge is 2.26. The van der Waals surface area contributed by atoms with E-state index in [1.165, 1.54) is 0 Å². The number of nitrogens with zero attached hydrogens (tertiary/aromatic N) is 2. The number of methoxy groups -OCH3 is 1. The largest absolute Gasteiger partial charge is 0.495 e. The quantitative estimate of drug-likeness (QED) is 0.719. The van der Waals surface area contributed by atoms with E-state index >= 15 is 0 Å². The van der Waals surface area contributed by atoms with Gasteiger partial charge in [-0.3, -0.25) is 9.78 Å². The lowest BCUT2D eigenvalue weighted by Gasteiger charge is -2.29. The van der Waals surface area contributed by atoms with E-state index in [1.807, 2.05) is 7.05 Å². The average molecular weight is 236 g/mol. The number of hydrogen-bond donors (Lipinski definition) is 0. The van der Waals surface area contributed by atoms with Crippen molar-refractivity contribution in [1.82, 2.24) is 9.88 Å². The second-order valence-electron chi connectivity index (χ2n) is 4.10. The Morgan fingerprint density at radius 3 is 3.12 bits per heavy atom. The normalized spacial score (nSPS) is 21.2. The van der Waals surface area contributed by atoms with Crippen LogP contribution in [0.1, 0.15) is 10.4 Å². The van der Waals surface area contributed by atoms with Gasteiger partial charge < -0.3 is 14.4 Å². The fourth-order valence-electron chi connectivity index (χ4n) is 1.79. The lowest BCUT2D eigenvalue weighted by atomic mass is 10.1. The van der Waals surface area contributed by atoms with Crippen molar-refractivity contribution in [1.29, 1.82) is 0 Å². The Bertz CT molecular complexity index is 408. The molecule has 1 aliphatic rings. The SMILES string of the molecule is COc1cncc(C(=O)C2CN(C)CCO2)c1. The molecule has 1 aromatic rings. The highest BCUT2D eigenvalue weighted by Crippen LogP contribution is 2.15. The number of Topliss-reactive ketones (excluding diaryl/α,β-unsaturated/α-hetero) is 1. The van der Waals surface area contributed by atoms with Gasteiger partial charge in [0.1, 0.15) is 11.9 Å². The van der Waals surface area contributed by atoms with Crippen molar-refractivity contribution in [2.45, 2.75) is 6.10 Å². The molecule has 2 rings (SSSR count). The summed E-state index contributed by atoms with van der Waals surface area (Å²) in [6, 6.07) is 1.69. The van der Waals surface area contributed by atoms with E-state index in [0.29, 0.717) is 24.5 Å². The molecule has 17 heavy (non-hydrogen) atoms. The molecule has 92 valence electrons. The number of rotatable bonds is 3. The maximum Gasteiger partial charge on any atom is 0.194 e. The second kappa shape index (κ2) is 5.25. The number of likely N-dealkylation sites (N-methyl/N-ethyl adjacent to an activating group) is 1. The first kappa shape index (κ1) is 12.0. The van der Waals surface area contributed by atoms with E-state index in [0.717, 1.165) is 6.54 Å². The summed E-state index contributed by atoms with van der Waals surface area (Å²) in [5.74, 6) is 0.544. The number of ether oxygens (including phenoxy) is 2. The van der Waals surface area contributed by atoms with Crippen molar-refractivity contribution in [3.8, 4) is 5.75 Å². The van der Waals surface area contributed by atoms with E-state index in [-0.39, 0.29) is 5.78 Å². The lowest BCUT2D eigenvalue weighted by molar-refractivity contribution is -0.00865. The van der Waals surface area contributed by atoms with Gasteiger partial charge in [0.15, 0.2) is 5.78 Å². The van der Waals surface area contributed by atoms with Gasteiger partial charge in [0, 0.05) is 24.8 Å². The van der Waals surface area contributed by atoms with Crippen LogP contribution in [-0.4, -0.2) is 55.6 Å². The van der Waals surface area contributed by atoms with Crippen LogP contribution in [-0.2, 0) is 4.74 Å². The van der Waals surface area contributed by atoms with Crippen LogP contribution in [0, 0.1) is 0 Å². The molecule has 1 unspecified atom stereocenters. The monoisotopic (exact) mass is 236 g/mol. The number of aromatic nitrogens is 1.